The minimum Gasteiger partial charge on any atom is -0.483 e. The highest BCUT2D eigenvalue weighted by atomic mass is 35.5. The van der Waals surface area contributed by atoms with Crippen LogP contribution < -0.4 is 15.0 Å². The first-order valence-electron chi connectivity index (χ1n) is 14.5. The summed E-state index contributed by atoms with van der Waals surface area (Å²) in [6, 6.07) is 6.30. The van der Waals surface area contributed by atoms with E-state index in [1.807, 2.05) is 45.6 Å². The fourth-order valence-corrected chi connectivity index (χ4v) is 5.22. The van der Waals surface area contributed by atoms with E-state index in [9.17, 15) is 23.9 Å². The first-order chi connectivity index (χ1) is 20.7. The standard InChI is InChI=1S/C30H38ClFN6O6/c1-18(2)36(13-11-33-26(39)17-43-23-10-9-19(32)14-20(23)28(40)41)27-16-24(31)34-25-15-21(35-38(25)27)22-8-6-7-12-37(22)29(42)44-30(3,4)5/h9-10,14-16,18,22H,6-8,11-13,17H2,1-5H3,(H,33,39)(H,40,41)/t22-/m0/s1. The molecule has 0 radical (unpaired) electrons. The zero-order chi connectivity index (χ0) is 32.2. The maximum Gasteiger partial charge on any atom is 0.410 e. The Hall–Kier alpha value is -4.13. The van der Waals surface area contributed by atoms with Crippen LogP contribution in [0.3, 0.4) is 0 Å². The molecule has 0 spiro atoms. The number of hydrogen-bond acceptors (Lipinski definition) is 8. The average molecular weight is 633 g/mol. The molecule has 44 heavy (non-hydrogen) atoms. The van der Waals surface area contributed by atoms with Gasteiger partial charge in [0.2, 0.25) is 0 Å². The predicted octanol–water partition coefficient (Wildman–Crippen LogP) is 5.09. The molecule has 4 rings (SSSR count). The monoisotopic (exact) mass is 632 g/mol. The summed E-state index contributed by atoms with van der Waals surface area (Å²) in [5.74, 6) is -2.01. The lowest BCUT2D eigenvalue weighted by Gasteiger charge is -2.35. The van der Waals surface area contributed by atoms with Gasteiger partial charge in [-0.2, -0.15) is 9.61 Å². The number of anilines is 1. The number of hydrogen-bond donors (Lipinski definition) is 2. The zero-order valence-electron chi connectivity index (χ0n) is 25.5. The van der Waals surface area contributed by atoms with Gasteiger partial charge in [0, 0.05) is 37.8 Å². The van der Waals surface area contributed by atoms with Gasteiger partial charge in [-0.15, -0.1) is 0 Å². The smallest absolute Gasteiger partial charge is 0.410 e. The molecule has 12 nitrogen and oxygen atoms in total. The maximum atomic E-state index is 13.4. The number of likely N-dealkylation sites (tertiary alicyclic amines) is 1. The van der Waals surface area contributed by atoms with Crippen LogP contribution in [0.15, 0.2) is 30.3 Å². The second-order valence-electron chi connectivity index (χ2n) is 11.8. The van der Waals surface area contributed by atoms with Gasteiger partial charge in [-0.05, 0) is 72.1 Å². The molecule has 0 unspecified atom stereocenters. The Balaban J connectivity index is 1.48. The van der Waals surface area contributed by atoms with Gasteiger partial charge < -0.3 is 24.8 Å². The number of fused-ring (bicyclic) bond motifs is 1. The topological polar surface area (TPSA) is 139 Å². The highest BCUT2D eigenvalue weighted by Gasteiger charge is 2.33. The Morgan fingerprint density at radius 1 is 1.20 bits per heavy atom. The molecule has 14 heteroatoms. The average Bonchev–Trinajstić information content (AvgIpc) is 3.37. The van der Waals surface area contributed by atoms with Crippen LogP contribution >= 0.6 is 11.6 Å². The second kappa shape index (κ2) is 13.7. The number of aromatic nitrogens is 3. The lowest BCUT2D eigenvalue weighted by molar-refractivity contribution is -0.123. The number of carboxylic acid groups (broad SMARTS) is 1. The third-order valence-electron chi connectivity index (χ3n) is 6.99. The van der Waals surface area contributed by atoms with Crippen molar-refractivity contribution >= 4 is 41.0 Å². The second-order valence-corrected chi connectivity index (χ2v) is 12.2. The number of ether oxygens (including phenoxy) is 2. The van der Waals surface area contributed by atoms with Crippen molar-refractivity contribution in [1.82, 2.24) is 24.8 Å². The summed E-state index contributed by atoms with van der Waals surface area (Å²) in [7, 11) is 0. The molecule has 2 amide bonds. The largest absolute Gasteiger partial charge is 0.483 e. The number of nitrogens with one attached hydrogen (secondary N) is 1. The molecule has 1 fully saturated rings. The van der Waals surface area contributed by atoms with E-state index in [1.54, 1.807) is 15.5 Å². The van der Waals surface area contributed by atoms with E-state index in [-0.39, 0.29) is 41.2 Å². The SMILES string of the molecule is CC(C)N(CCNC(=O)COc1ccc(F)cc1C(=O)O)c1cc(Cl)nc2cc([C@@H]3CCCCN3C(=O)OC(C)(C)C)nn12. The predicted molar refractivity (Wildman–Crippen MR) is 162 cm³/mol. The highest BCUT2D eigenvalue weighted by molar-refractivity contribution is 6.29. The van der Waals surface area contributed by atoms with Crippen LogP contribution in [0.2, 0.25) is 5.15 Å². The maximum absolute atomic E-state index is 13.4. The Bertz CT molecular complexity index is 1520. The number of carbonyl (C=O) groups is 3. The molecule has 2 aromatic heterocycles. The Labute approximate surface area is 260 Å². The summed E-state index contributed by atoms with van der Waals surface area (Å²) in [4.78, 5) is 45.1. The van der Waals surface area contributed by atoms with Gasteiger partial charge in [0.25, 0.3) is 5.91 Å². The molecule has 1 atom stereocenters. The molecule has 0 bridgehead atoms. The van der Waals surface area contributed by atoms with Crippen LogP contribution in [0.1, 0.15) is 76.0 Å². The third-order valence-corrected chi connectivity index (χ3v) is 7.19. The van der Waals surface area contributed by atoms with Crippen molar-refractivity contribution in [3.8, 4) is 5.75 Å². The van der Waals surface area contributed by atoms with Crippen molar-refractivity contribution in [1.29, 1.82) is 0 Å². The van der Waals surface area contributed by atoms with E-state index >= 15 is 0 Å². The normalized spacial score (nSPS) is 15.4. The minimum absolute atomic E-state index is 0.0252. The lowest BCUT2D eigenvalue weighted by Crippen LogP contribution is -2.42. The van der Waals surface area contributed by atoms with Crippen molar-refractivity contribution < 1.29 is 33.4 Å². The van der Waals surface area contributed by atoms with Gasteiger partial charge >= 0.3 is 12.1 Å². The van der Waals surface area contributed by atoms with Gasteiger partial charge in [-0.1, -0.05) is 11.6 Å². The fraction of sp³-hybridized carbons (Fsp3) is 0.500. The van der Waals surface area contributed by atoms with E-state index in [2.05, 4.69) is 10.3 Å². The van der Waals surface area contributed by atoms with Crippen molar-refractivity contribution in [3.05, 3.63) is 52.6 Å². The number of benzene rings is 1. The molecule has 1 aromatic carbocycles. The molecule has 1 aliphatic rings. The molecule has 3 heterocycles. The summed E-state index contributed by atoms with van der Waals surface area (Å²) < 4.78 is 26.1. The molecular weight excluding hydrogens is 595 g/mol. The van der Waals surface area contributed by atoms with Crippen molar-refractivity contribution in [2.45, 2.75) is 71.6 Å². The first kappa shape index (κ1) is 32.8. The molecule has 1 saturated heterocycles. The lowest BCUT2D eigenvalue weighted by atomic mass is 10.00. The summed E-state index contributed by atoms with van der Waals surface area (Å²) in [5, 5.41) is 17.2. The minimum atomic E-state index is -1.36. The Kier molecular flexibility index (Phi) is 10.2. The summed E-state index contributed by atoms with van der Waals surface area (Å²) in [5.41, 5.74) is 0.210. The van der Waals surface area contributed by atoms with Gasteiger partial charge in [0.05, 0.1) is 11.7 Å². The molecule has 0 saturated carbocycles. The van der Waals surface area contributed by atoms with E-state index < -0.39 is 29.9 Å². The Morgan fingerprint density at radius 2 is 1.95 bits per heavy atom. The van der Waals surface area contributed by atoms with Crippen LogP contribution in [0.5, 0.6) is 5.75 Å². The van der Waals surface area contributed by atoms with Crippen LogP contribution in [0, 0.1) is 5.82 Å². The number of aromatic carboxylic acids is 1. The molecule has 2 N–H and O–H groups in total. The number of carbonyl (C=O) groups excluding carboxylic acids is 2. The fourth-order valence-electron chi connectivity index (χ4n) is 5.03. The zero-order valence-corrected chi connectivity index (χ0v) is 26.2. The van der Waals surface area contributed by atoms with Crippen molar-refractivity contribution in [2.75, 3.05) is 31.1 Å². The van der Waals surface area contributed by atoms with Crippen LogP contribution in [-0.4, -0.2) is 80.5 Å². The van der Waals surface area contributed by atoms with E-state index in [0.29, 0.717) is 30.2 Å². The van der Waals surface area contributed by atoms with Crippen LogP contribution in [0.25, 0.3) is 5.65 Å². The number of nitrogens with zero attached hydrogens (tertiary/aromatic N) is 5. The number of halogens is 2. The summed E-state index contributed by atoms with van der Waals surface area (Å²) in [6.45, 7) is 10.2. The molecule has 1 aliphatic heterocycles. The Morgan fingerprint density at radius 3 is 2.64 bits per heavy atom. The van der Waals surface area contributed by atoms with Gasteiger partial charge in [0.1, 0.15) is 33.7 Å². The molecular formula is C30H38ClFN6O6. The molecule has 3 aromatic rings. The quantitative estimate of drug-likeness (QED) is 0.293. The van der Waals surface area contributed by atoms with Gasteiger partial charge in [-0.3, -0.25) is 9.69 Å². The highest BCUT2D eigenvalue weighted by Crippen LogP contribution is 2.33. The molecule has 238 valence electrons. The van der Waals surface area contributed by atoms with Crippen molar-refractivity contribution in [3.63, 3.8) is 0 Å². The van der Waals surface area contributed by atoms with E-state index in [4.69, 9.17) is 26.2 Å². The molecule has 0 aliphatic carbocycles. The first-order valence-corrected chi connectivity index (χ1v) is 14.9. The van der Waals surface area contributed by atoms with E-state index in [0.717, 1.165) is 31.4 Å². The van der Waals surface area contributed by atoms with Gasteiger partial charge in [-0.25, -0.2) is 19.0 Å². The van der Waals surface area contributed by atoms with Crippen LogP contribution in [0.4, 0.5) is 15.0 Å². The number of rotatable bonds is 10. The number of piperidine rings is 1. The van der Waals surface area contributed by atoms with Crippen LogP contribution in [-0.2, 0) is 9.53 Å². The van der Waals surface area contributed by atoms with Crippen molar-refractivity contribution in [2.24, 2.45) is 0 Å². The number of amides is 2. The van der Waals surface area contributed by atoms with E-state index in [1.165, 1.54) is 6.07 Å². The third kappa shape index (κ3) is 8.07. The summed E-state index contributed by atoms with van der Waals surface area (Å²) >= 11 is 6.43. The van der Waals surface area contributed by atoms with Gasteiger partial charge in [0.15, 0.2) is 12.3 Å². The number of carboxylic acids is 1. The summed E-state index contributed by atoms with van der Waals surface area (Å²) in [6.07, 6.45) is 2.17.